The van der Waals surface area contributed by atoms with E-state index in [0.717, 1.165) is 41.8 Å². The van der Waals surface area contributed by atoms with Crippen molar-refractivity contribution in [2.45, 2.75) is 13.3 Å². The van der Waals surface area contributed by atoms with Crippen molar-refractivity contribution in [3.05, 3.63) is 53.6 Å². The maximum atomic E-state index is 12.7. The van der Waals surface area contributed by atoms with Crippen molar-refractivity contribution in [2.75, 3.05) is 13.1 Å². The van der Waals surface area contributed by atoms with E-state index in [2.05, 4.69) is 5.32 Å². The third kappa shape index (κ3) is 2.69. The topological polar surface area (TPSA) is 49.3 Å². The van der Waals surface area contributed by atoms with Crippen LogP contribution in [0.4, 0.5) is 0 Å². The van der Waals surface area contributed by atoms with Gasteiger partial charge in [-0.1, -0.05) is 36.4 Å². The van der Waals surface area contributed by atoms with Crippen LogP contribution in [0.25, 0.3) is 11.1 Å². The van der Waals surface area contributed by atoms with E-state index in [4.69, 9.17) is 0 Å². The molecule has 2 N–H and O–H groups in total. The largest absolute Gasteiger partial charge is 0.508 e. The summed E-state index contributed by atoms with van der Waals surface area (Å²) in [4.78, 5) is 12.7. The molecular weight excluding hydrogens is 262 g/mol. The molecule has 1 atom stereocenters. The molecule has 0 saturated carbocycles. The molecule has 0 bridgehead atoms. The Bertz CT molecular complexity index is 673. The Hall–Kier alpha value is -2.13. The molecule has 2 aromatic rings. The molecule has 1 heterocycles. The minimum atomic E-state index is 0.0604. The van der Waals surface area contributed by atoms with Crippen LogP contribution < -0.4 is 5.32 Å². The van der Waals surface area contributed by atoms with Crippen LogP contribution in [0.2, 0.25) is 0 Å². The van der Waals surface area contributed by atoms with Crippen LogP contribution >= 0.6 is 0 Å². The third-order valence-corrected chi connectivity index (χ3v) is 4.14. The number of phenolic OH excluding ortho intramolecular Hbond substituents is 1. The summed E-state index contributed by atoms with van der Waals surface area (Å²) < 4.78 is 0. The highest BCUT2D eigenvalue weighted by Gasteiger charge is 2.25. The Balaban J connectivity index is 2.02. The second kappa shape index (κ2) is 5.70. The summed E-state index contributed by atoms with van der Waals surface area (Å²) in [6, 6.07) is 13.2. The van der Waals surface area contributed by atoms with Crippen LogP contribution in [0.1, 0.15) is 22.3 Å². The van der Waals surface area contributed by atoms with E-state index in [1.54, 1.807) is 6.07 Å². The van der Waals surface area contributed by atoms with E-state index in [0.29, 0.717) is 0 Å². The molecule has 1 aliphatic rings. The number of hydrogen-bond donors (Lipinski definition) is 2. The first-order valence-corrected chi connectivity index (χ1v) is 7.31. The predicted molar refractivity (Wildman–Crippen MR) is 83.6 cm³/mol. The van der Waals surface area contributed by atoms with E-state index < -0.39 is 0 Å². The molecule has 21 heavy (non-hydrogen) atoms. The quantitative estimate of drug-likeness (QED) is 0.850. The van der Waals surface area contributed by atoms with Crippen molar-refractivity contribution in [3.8, 4) is 16.9 Å². The van der Waals surface area contributed by atoms with Crippen LogP contribution in [-0.2, 0) is 0 Å². The number of ketones is 1. The maximum Gasteiger partial charge on any atom is 0.167 e. The van der Waals surface area contributed by atoms with E-state index in [1.807, 2.05) is 43.3 Å². The van der Waals surface area contributed by atoms with E-state index in [1.165, 1.54) is 0 Å². The number of phenols is 1. The van der Waals surface area contributed by atoms with Gasteiger partial charge in [-0.05, 0) is 42.6 Å². The van der Waals surface area contributed by atoms with Gasteiger partial charge in [0.1, 0.15) is 5.75 Å². The van der Waals surface area contributed by atoms with Gasteiger partial charge in [-0.25, -0.2) is 0 Å². The molecule has 1 fully saturated rings. The fourth-order valence-corrected chi connectivity index (χ4v) is 2.82. The summed E-state index contributed by atoms with van der Waals surface area (Å²) in [5, 5.41) is 13.1. The molecule has 1 unspecified atom stereocenters. The number of nitrogens with one attached hydrogen (secondary N) is 1. The summed E-state index contributed by atoms with van der Waals surface area (Å²) in [5.41, 5.74) is 3.36. The van der Waals surface area contributed by atoms with E-state index in [-0.39, 0.29) is 17.5 Å². The SMILES string of the molecule is Cc1ccc(-c2ccccc2C(=O)C2CCNC2)cc1O. The lowest BCUT2D eigenvalue weighted by Gasteiger charge is -2.13. The zero-order chi connectivity index (χ0) is 14.8. The third-order valence-electron chi connectivity index (χ3n) is 4.14. The van der Waals surface area contributed by atoms with Crippen LogP contribution in [-0.4, -0.2) is 24.0 Å². The summed E-state index contributed by atoms with van der Waals surface area (Å²) >= 11 is 0. The van der Waals surface area contributed by atoms with Crippen molar-refractivity contribution in [3.63, 3.8) is 0 Å². The van der Waals surface area contributed by atoms with E-state index in [9.17, 15) is 9.90 Å². The smallest absolute Gasteiger partial charge is 0.167 e. The van der Waals surface area contributed by atoms with Crippen LogP contribution in [0.3, 0.4) is 0 Å². The molecule has 2 aromatic carbocycles. The van der Waals surface area contributed by atoms with Gasteiger partial charge >= 0.3 is 0 Å². The molecule has 3 nitrogen and oxygen atoms in total. The normalized spacial score (nSPS) is 17.9. The lowest BCUT2D eigenvalue weighted by Crippen LogP contribution is -2.18. The van der Waals surface area contributed by atoms with Crippen LogP contribution in [0, 0.1) is 12.8 Å². The summed E-state index contributed by atoms with van der Waals surface area (Å²) in [7, 11) is 0. The number of benzene rings is 2. The molecule has 108 valence electrons. The molecule has 0 amide bonds. The van der Waals surface area contributed by atoms with Gasteiger partial charge in [-0.3, -0.25) is 4.79 Å². The standard InChI is InChI=1S/C18H19NO2/c1-12-6-7-13(10-17(12)20)15-4-2-3-5-16(15)18(21)14-8-9-19-11-14/h2-7,10,14,19-20H,8-9,11H2,1H3. The number of carbonyl (C=O) groups is 1. The van der Waals surface area contributed by atoms with Gasteiger partial charge in [0.05, 0.1) is 0 Å². The molecular formula is C18H19NO2. The van der Waals surface area contributed by atoms with E-state index >= 15 is 0 Å². The molecule has 1 saturated heterocycles. The molecule has 3 heteroatoms. The first kappa shape index (κ1) is 13.8. The van der Waals surface area contributed by atoms with Gasteiger partial charge in [-0.15, -0.1) is 0 Å². The highest BCUT2D eigenvalue weighted by molar-refractivity contribution is 6.04. The Morgan fingerprint density at radius 2 is 2.05 bits per heavy atom. The highest BCUT2D eigenvalue weighted by Crippen LogP contribution is 2.30. The zero-order valence-electron chi connectivity index (χ0n) is 12.1. The number of Topliss-reactive ketones (excluding diaryl/α,β-unsaturated/α-hetero) is 1. The van der Waals surface area contributed by atoms with Crippen molar-refractivity contribution in [1.82, 2.24) is 5.32 Å². The maximum absolute atomic E-state index is 12.7. The Kier molecular flexibility index (Phi) is 3.76. The van der Waals surface area contributed by atoms with Gasteiger partial charge in [0.2, 0.25) is 0 Å². The molecule has 0 radical (unpaired) electrons. The summed E-state index contributed by atoms with van der Waals surface area (Å²) in [6.07, 6.45) is 0.895. The fraction of sp³-hybridized carbons (Fsp3) is 0.278. The van der Waals surface area contributed by atoms with Gasteiger partial charge in [-0.2, -0.15) is 0 Å². The van der Waals surface area contributed by atoms with Crippen molar-refractivity contribution in [2.24, 2.45) is 5.92 Å². The minimum absolute atomic E-state index is 0.0604. The number of rotatable bonds is 3. The predicted octanol–water partition coefficient (Wildman–Crippen LogP) is 3.16. The summed E-state index contributed by atoms with van der Waals surface area (Å²) in [6.45, 7) is 3.52. The molecule has 0 spiro atoms. The van der Waals surface area contributed by atoms with Gasteiger partial charge in [0, 0.05) is 18.0 Å². The highest BCUT2D eigenvalue weighted by atomic mass is 16.3. The van der Waals surface area contributed by atoms with Gasteiger partial charge in [0.25, 0.3) is 0 Å². The zero-order valence-corrected chi connectivity index (χ0v) is 12.1. The minimum Gasteiger partial charge on any atom is -0.508 e. The summed E-state index contributed by atoms with van der Waals surface area (Å²) in [5.74, 6) is 0.512. The van der Waals surface area contributed by atoms with Crippen molar-refractivity contribution >= 4 is 5.78 Å². The van der Waals surface area contributed by atoms with Gasteiger partial charge < -0.3 is 10.4 Å². The Morgan fingerprint density at radius 1 is 1.24 bits per heavy atom. The first-order chi connectivity index (χ1) is 10.2. The molecule has 3 rings (SSSR count). The number of aromatic hydroxyl groups is 1. The van der Waals surface area contributed by atoms with Crippen LogP contribution in [0.15, 0.2) is 42.5 Å². The fourth-order valence-electron chi connectivity index (χ4n) is 2.82. The average Bonchev–Trinajstić information content (AvgIpc) is 3.04. The number of aryl methyl sites for hydroxylation is 1. The molecule has 0 aromatic heterocycles. The lowest BCUT2D eigenvalue weighted by molar-refractivity contribution is 0.0931. The number of hydrogen-bond acceptors (Lipinski definition) is 3. The molecule has 0 aliphatic carbocycles. The first-order valence-electron chi connectivity index (χ1n) is 7.31. The molecule has 1 aliphatic heterocycles. The second-order valence-electron chi connectivity index (χ2n) is 5.60. The van der Waals surface area contributed by atoms with Gasteiger partial charge in [0.15, 0.2) is 5.78 Å². The van der Waals surface area contributed by atoms with Crippen LogP contribution in [0.5, 0.6) is 5.75 Å². The average molecular weight is 281 g/mol. The lowest BCUT2D eigenvalue weighted by atomic mass is 9.90. The monoisotopic (exact) mass is 281 g/mol. The Labute approximate surface area is 124 Å². The van der Waals surface area contributed by atoms with Crippen molar-refractivity contribution < 1.29 is 9.90 Å². The second-order valence-corrected chi connectivity index (χ2v) is 5.60. The number of carbonyl (C=O) groups excluding carboxylic acids is 1. The van der Waals surface area contributed by atoms with Crippen molar-refractivity contribution in [1.29, 1.82) is 0 Å². The Morgan fingerprint density at radius 3 is 2.76 bits per heavy atom.